The zero-order valence-electron chi connectivity index (χ0n) is 21.7. The normalized spacial score (nSPS) is 10.9. The van der Waals surface area contributed by atoms with Crippen LogP contribution in [-0.4, -0.2) is 11.6 Å². The maximum absolute atomic E-state index is 5.78. The first-order chi connectivity index (χ1) is 16.8. The molecule has 0 spiro atoms. The third-order valence-electron chi connectivity index (χ3n) is 6.03. The molecule has 1 aromatic heterocycles. The summed E-state index contributed by atoms with van der Waals surface area (Å²) in [5.74, 6) is 7.13. The van der Waals surface area contributed by atoms with Crippen LogP contribution >= 0.6 is 0 Å². The van der Waals surface area contributed by atoms with Gasteiger partial charge in [0.1, 0.15) is 0 Å². The fourth-order valence-electron chi connectivity index (χ4n) is 3.86. The molecule has 2 heteroatoms. The monoisotopic (exact) mass is 459 g/mol. The Labute approximate surface area is 209 Å². The lowest BCUT2D eigenvalue weighted by molar-refractivity contribution is 0.293. The molecule has 1 heterocycles. The molecule has 0 radical (unpaired) electrons. The summed E-state index contributed by atoms with van der Waals surface area (Å²) < 4.78 is 5.78. The molecule has 0 unspecified atom stereocenters. The lowest BCUT2D eigenvalue weighted by Crippen LogP contribution is -1.99. The molecular weight excluding hydrogens is 414 g/mol. The largest absolute Gasteiger partial charge is 0.478 e. The van der Waals surface area contributed by atoms with Gasteiger partial charge in [-0.3, -0.25) is 0 Å². The van der Waals surface area contributed by atoms with Crippen molar-refractivity contribution in [3.63, 3.8) is 0 Å². The van der Waals surface area contributed by atoms with Crippen molar-refractivity contribution in [3.05, 3.63) is 65.4 Å². The van der Waals surface area contributed by atoms with E-state index in [9.17, 15) is 0 Å². The minimum Gasteiger partial charge on any atom is -0.478 e. The molecule has 0 fully saturated rings. The number of nitrogens with zero attached hydrogens (tertiary/aromatic N) is 1. The Morgan fingerprint density at radius 2 is 1.26 bits per heavy atom. The number of unbranched alkanes of at least 4 members (excludes halogenated alkanes) is 12. The molecule has 0 aliphatic heterocycles. The van der Waals surface area contributed by atoms with Crippen molar-refractivity contribution >= 4 is 6.08 Å². The lowest BCUT2D eigenvalue weighted by atomic mass is 10.1. The molecule has 34 heavy (non-hydrogen) atoms. The van der Waals surface area contributed by atoms with Crippen LogP contribution in [0.3, 0.4) is 0 Å². The summed E-state index contributed by atoms with van der Waals surface area (Å²) in [7, 11) is 0. The summed E-state index contributed by atoms with van der Waals surface area (Å²) in [5.41, 5.74) is 3.16. The Morgan fingerprint density at radius 1 is 0.676 bits per heavy atom. The highest BCUT2D eigenvalue weighted by molar-refractivity contribution is 5.52. The van der Waals surface area contributed by atoms with Crippen LogP contribution < -0.4 is 4.74 Å². The van der Waals surface area contributed by atoms with Crippen LogP contribution in [0.15, 0.2) is 48.7 Å². The maximum Gasteiger partial charge on any atom is 0.213 e. The molecule has 0 aliphatic carbocycles. The summed E-state index contributed by atoms with van der Waals surface area (Å²) in [5, 5.41) is 0. The van der Waals surface area contributed by atoms with E-state index in [4.69, 9.17) is 4.74 Å². The van der Waals surface area contributed by atoms with Crippen molar-refractivity contribution in [1.82, 2.24) is 4.98 Å². The van der Waals surface area contributed by atoms with E-state index in [2.05, 4.69) is 67.1 Å². The lowest BCUT2D eigenvalue weighted by Gasteiger charge is -2.05. The standard InChI is InChI=1S/C32H45NO/c1-3-5-7-9-11-13-15-17-27-34-32-26-25-31(28-33-32)24-23-30-21-19-29(20-22-30)18-16-14-12-10-8-6-4-2/h16,18-22,25-26,28H,3-15,17,27H2,1-2H3/b18-16+. The van der Waals surface area contributed by atoms with E-state index in [1.165, 1.54) is 82.6 Å². The van der Waals surface area contributed by atoms with Crippen molar-refractivity contribution in [2.24, 2.45) is 0 Å². The van der Waals surface area contributed by atoms with E-state index >= 15 is 0 Å². The van der Waals surface area contributed by atoms with Crippen LogP contribution in [-0.2, 0) is 0 Å². The highest BCUT2D eigenvalue weighted by Crippen LogP contribution is 2.12. The van der Waals surface area contributed by atoms with Crippen molar-refractivity contribution in [2.75, 3.05) is 6.61 Å². The quantitative estimate of drug-likeness (QED) is 0.174. The molecular formula is C32H45NO. The predicted molar refractivity (Wildman–Crippen MR) is 147 cm³/mol. The first-order valence-electron chi connectivity index (χ1n) is 13.7. The Hall–Kier alpha value is -2.53. The summed E-state index contributed by atoms with van der Waals surface area (Å²) in [6.45, 7) is 5.26. The van der Waals surface area contributed by atoms with Gasteiger partial charge in [0.05, 0.1) is 6.61 Å². The third kappa shape index (κ3) is 13.2. The average Bonchev–Trinajstić information content (AvgIpc) is 2.87. The smallest absolute Gasteiger partial charge is 0.213 e. The first kappa shape index (κ1) is 27.7. The van der Waals surface area contributed by atoms with E-state index in [1.54, 1.807) is 6.20 Å². The van der Waals surface area contributed by atoms with Gasteiger partial charge >= 0.3 is 0 Å². The molecule has 2 nitrogen and oxygen atoms in total. The molecule has 0 amide bonds. The van der Waals surface area contributed by atoms with Crippen LogP contribution in [0.2, 0.25) is 0 Å². The zero-order valence-corrected chi connectivity index (χ0v) is 21.7. The van der Waals surface area contributed by atoms with E-state index in [0.29, 0.717) is 5.88 Å². The van der Waals surface area contributed by atoms with Gasteiger partial charge in [-0.2, -0.15) is 0 Å². The van der Waals surface area contributed by atoms with Crippen LogP contribution in [0.4, 0.5) is 0 Å². The number of hydrogen-bond acceptors (Lipinski definition) is 2. The summed E-state index contributed by atoms with van der Waals surface area (Å²) >= 11 is 0. The van der Waals surface area contributed by atoms with E-state index in [0.717, 1.165) is 30.6 Å². The van der Waals surface area contributed by atoms with Gasteiger partial charge in [0.25, 0.3) is 0 Å². The van der Waals surface area contributed by atoms with Crippen LogP contribution in [0, 0.1) is 11.8 Å². The fraction of sp³-hybridized carbons (Fsp3) is 0.531. The first-order valence-corrected chi connectivity index (χ1v) is 13.7. The van der Waals surface area contributed by atoms with Crippen LogP contribution in [0.5, 0.6) is 5.88 Å². The molecule has 0 saturated carbocycles. The second kappa shape index (κ2) is 18.8. The molecule has 0 atom stereocenters. The minimum atomic E-state index is 0.690. The summed E-state index contributed by atoms with van der Waals surface area (Å²) in [4.78, 5) is 4.40. The summed E-state index contributed by atoms with van der Waals surface area (Å²) in [6, 6.07) is 12.4. The SMILES string of the molecule is CCCCCCC/C=C/c1ccc(C#Cc2ccc(OCCCCCCCCCC)nc2)cc1. The number of hydrogen-bond donors (Lipinski definition) is 0. The second-order valence-corrected chi connectivity index (χ2v) is 9.19. The molecule has 0 aliphatic rings. The van der Waals surface area contributed by atoms with Gasteiger partial charge < -0.3 is 4.74 Å². The highest BCUT2D eigenvalue weighted by atomic mass is 16.5. The predicted octanol–water partition coefficient (Wildman–Crippen LogP) is 9.37. The van der Waals surface area contributed by atoms with Gasteiger partial charge in [0, 0.05) is 23.4 Å². The number of benzene rings is 1. The average molecular weight is 460 g/mol. The number of ether oxygens (including phenoxy) is 1. The van der Waals surface area contributed by atoms with Crippen molar-refractivity contribution in [3.8, 4) is 17.7 Å². The zero-order chi connectivity index (χ0) is 24.1. The van der Waals surface area contributed by atoms with Crippen LogP contribution in [0.25, 0.3) is 6.08 Å². The van der Waals surface area contributed by atoms with E-state index in [1.807, 2.05) is 12.1 Å². The minimum absolute atomic E-state index is 0.690. The highest BCUT2D eigenvalue weighted by Gasteiger charge is 1.97. The Morgan fingerprint density at radius 3 is 1.91 bits per heavy atom. The van der Waals surface area contributed by atoms with Gasteiger partial charge in [0.15, 0.2) is 0 Å². The van der Waals surface area contributed by atoms with E-state index in [-0.39, 0.29) is 0 Å². The number of pyridine rings is 1. The Kier molecular flexibility index (Phi) is 15.4. The van der Waals surface area contributed by atoms with Gasteiger partial charge in [-0.15, -0.1) is 0 Å². The Balaban J connectivity index is 1.65. The van der Waals surface area contributed by atoms with Gasteiger partial charge in [-0.05, 0) is 43.0 Å². The van der Waals surface area contributed by atoms with Gasteiger partial charge in [-0.25, -0.2) is 4.98 Å². The molecule has 0 saturated heterocycles. The molecule has 184 valence electrons. The second-order valence-electron chi connectivity index (χ2n) is 9.19. The van der Waals surface area contributed by atoms with Crippen molar-refractivity contribution < 1.29 is 4.74 Å². The van der Waals surface area contributed by atoms with Crippen molar-refractivity contribution in [2.45, 2.75) is 104 Å². The number of allylic oxidation sites excluding steroid dienone is 1. The van der Waals surface area contributed by atoms with Gasteiger partial charge in [-0.1, -0.05) is 121 Å². The van der Waals surface area contributed by atoms with Crippen molar-refractivity contribution in [1.29, 1.82) is 0 Å². The molecule has 1 aromatic carbocycles. The topological polar surface area (TPSA) is 22.1 Å². The third-order valence-corrected chi connectivity index (χ3v) is 6.03. The van der Waals surface area contributed by atoms with Gasteiger partial charge in [0.2, 0.25) is 5.88 Å². The molecule has 0 bridgehead atoms. The number of rotatable bonds is 17. The maximum atomic E-state index is 5.78. The number of aromatic nitrogens is 1. The Bertz CT molecular complexity index is 839. The van der Waals surface area contributed by atoms with E-state index < -0.39 is 0 Å². The van der Waals surface area contributed by atoms with Crippen LogP contribution in [0.1, 0.15) is 120 Å². The summed E-state index contributed by atoms with van der Waals surface area (Å²) in [6.07, 6.45) is 24.6. The fourth-order valence-corrected chi connectivity index (χ4v) is 3.86. The molecule has 2 aromatic rings. The molecule has 2 rings (SSSR count). The molecule has 0 N–H and O–H groups in total.